The van der Waals surface area contributed by atoms with Gasteiger partial charge in [0.1, 0.15) is 5.01 Å². The number of carbonyl (C=O) groups excluding carboxylic acids is 2. The Morgan fingerprint density at radius 1 is 0.976 bits per heavy atom. The fourth-order valence-corrected chi connectivity index (χ4v) is 7.60. The lowest BCUT2D eigenvalue weighted by molar-refractivity contribution is -0.145. The maximum atomic E-state index is 13.0. The predicted octanol–water partition coefficient (Wildman–Crippen LogP) is 3.68. The highest BCUT2D eigenvalue weighted by Gasteiger charge is 2.38. The largest absolute Gasteiger partial charge is 0.481 e. The lowest BCUT2D eigenvalue weighted by Gasteiger charge is -2.12. The number of aliphatic carboxylic acids is 1. The van der Waals surface area contributed by atoms with Gasteiger partial charge in [-0.25, -0.2) is 17.8 Å². The fraction of sp³-hybridized carbons (Fsp3) is 0.414. The SMILES string of the molecule is O=C(NS(=O)(=O)c1ccccc1-c1ccc(Cn2nc(C3CC3)sc2=NC(=O)C2CCCC2C(=O)O)cc1)C1CC1. The van der Waals surface area contributed by atoms with Crippen LogP contribution in [0.1, 0.15) is 61.4 Å². The number of hydrogen-bond acceptors (Lipinski definition) is 7. The number of nitrogens with zero attached hydrogens (tertiary/aromatic N) is 3. The van der Waals surface area contributed by atoms with Gasteiger partial charge in [-0.05, 0) is 55.7 Å². The molecule has 3 fully saturated rings. The van der Waals surface area contributed by atoms with Gasteiger partial charge in [-0.1, -0.05) is 60.2 Å². The highest BCUT2D eigenvalue weighted by atomic mass is 32.2. The van der Waals surface area contributed by atoms with Gasteiger partial charge >= 0.3 is 5.97 Å². The average molecular weight is 595 g/mol. The van der Waals surface area contributed by atoms with Crippen molar-refractivity contribution < 1.29 is 27.9 Å². The zero-order valence-electron chi connectivity index (χ0n) is 22.2. The number of carboxylic acid groups (broad SMARTS) is 1. The zero-order valence-corrected chi connectivity index (χ0v) is 23.9. The number of carbonyl (C=O) groups is 3. The van der Waals surface area contributed by atoms with Gasteiger partial charge in [-0.15, -0.1) is 0 Å². The maximum absolute atomic E-state index is 13.0. The van der Waals surface area contributed by atoms with E-state index in [1.807, 2.05) is 24.3 Å². The summed E-state index contributed by atoms with van der Waals surface area (Å²) in [5.74, 6) is -3.00. The number of sulfonamides is 1. The minimum Gasteiger partial charge on any atom is -0.481 e. The van der Waals surface area contributed by atoms with E-state index in [0.29, 0.717) is 60.5 Å². The Kier molecular flexibility index (Phi) is 7.37. The number of nitrogens with one attached hydrogen (secondary N) is 1. The van der Waals surface area contributed by atoms with Gasteiger partial charge in [0.2, 0.25) is 10.7 Å². The van der Waals surface area contributed by atoms with Crippen molar-refractivity contribution in [2.24, 2.45) is 22.7 Å². The van der Waals surface area contributed by atoms with Crippen LogP contribution in [0.3, 0.4) is 0 Å². The van der Waals surface area contributed by atoms with Gasteiger partial charge in [-0.3, -0.25) is 14.4 Å². The van der Waals surface area contributed by atoms with Gasteiger partial charge in [0.25, 0.3) is 15.9 Å². The van der Waals surface area contributed by atoms with Crippen LogP contribution in [-0.4, -0.2) is 41.1 Å². The van der Waals surface area contributed by atoms with E-state index in [4.69, 9.17) is 5.10 Å². The van der Waals surface area contributed by atoms with E-state index < -0.39 is 39.6 Å². The lowest BCUT2D eigenvalue weighted by Crippen LogP contribution is -2.32. The van der Waals surface area contributed by atoms with Crippen LogP contribution in [0.4, 0.5) is 0 Å². The number of rotatable bonds is 9. The third kappa shape index (κ3) is 6.03. The molecule has 2 amide bonds. The normalized spacial score (nSPS) is 21.1. The van der Waals surface area contributed by atoms with E-state index in [-0.39, 0.29) is 10.8 Å². The van der Waals surface area contributed by atoms with Crippen LogP contribution in [-0.2, 0) is 31.0 Å². The summed E-state index contributed by atoms with van der Waals surface area (Å²) in [7, 11) is -4.03. The molecular weight excluding hydrogens is 564 g/mol. The molecule has 6 rings (SSSR count). The minimum absolute atomic E-state index is 0.0378. The van der Waals surface area contributed by atoms with E-state index >= 15 is 0 Å². The fourth-order valence-electron chi connectivity index (χ4n) is 5.25. The van der Waals surface area contributed by atoms with E-state index in [1.165, 1.54) is 17.4 Å². The Bertz CT molecular complexity index is 1680. The summed E-state index contributed by atoms with van der Waals surface area (Å²) in [5.41, 5.74) is 2.04. The summed E-state index contributed by atoms with van der Waals surface area (Å²) in [4.78, 5) is 41.6. The summed E-state index contributed by atoms with van der Waals surface area (Å²) in [5, 5.41) is 15.1. The lowest BCUT2D eigenvalue weighted by atomic mass is 9.96. The molecular formula is C29H30N4O6S2. The van der Waals surface area contributed by atoms with Crippen molar-refractivity contribution >= 4 is 39.1 Å². The summed E-state index contributed by atoms with van der Waals surface area (Å²) in [6.07, 6.45) is 5.21. The highest BCUT2D eigenvalue weighted by molar-refractivity contribution is 7.90. The van der Waals surface area contributed by atoms with Crippen molar-refractivity contribution in [3.63, 3.8) is 0 Å². The van der Waals surface area contributed by atoms with Gasteiger partial charge in [0.05, 0.1) is 23.3 Å². The predicted molar refractivity (Wildman–Crippen MR) is 150 cm³/mol. The zero-order chi connectivity index (χ0) is 28.7. The van der Waals surface area contributed by atoms with Crippen molar-refractivity contribution in [2.75, 3.05) is 0 Å². The molecule has 0 saturated heterocycles. The maximum Gasteiger partial charge on any atom is 0.307 e. The first kappa shape index (κ1) is 27.5. The van der Waals surface area contributed by atoms with E-state index in [9.17, 15) is 27.9 Å². The molecule has 0 aliphatic heterocycles. The molecule has 0 bridgehead atoms. The Hall–Kier alpha value is -3.64. The molecule has 3 aromatic rings. The topological polar surface area (TPSA) is 148 Å². The molecule has 2 atom stereocenters. The van der Waals surface area contributed by atoms with Crippen LogP contribution in [0.25, 0.3) is 11.1 Å². The van der Waals surface area contributed by atoms with Gasteiger partial charge in [0, 0.05) is 17.4 Å². The second kappa shape index (κ2) is 11.0. The van der Waals surface area contributed by atoms with E-state index in [1.54, 1.807) is 22.9 Å². The Morgan fingerprint density at radius 2 is 1.68 bits per heavy atom. The number of aromatic nitrogens is 2. The van der Waals surface area contributed by atoms with Crippen LogP contribution in [0.5, 0.6) is 0 Å². The highest BCUT2D eigenvalue weighted by Crippen LogP contribution is 2.40. The molecule has 214 valence electrons. The molecule has 3 aliphatic rings. The molecule has 2 N–H and O–H groups in total. The molecule has 0 spiro atoms. The molecule has 1 aromatic heterocycles. The second-order valence-electron chi connectivity index (χ2n) is 11.0. The average Bonchev–Trinajstić information content (AvgIpc) is 3.89. The first-order valence-electron chi connectivity index (χ1n) is 13.8. The van der Waals surface area contributed by atoms with E-state index in [0.717, 1.165) is 23.4 Å². The molecule has 10 nitrogen and oxygen atoms in total. The number of amides is 2. The van der Waals surface area contributed by atoms with Crippen LogP contribution in [0.2, 0.25) is 0 Å². The number of hydrogen-bond donors (Lipinski definition) is 2. The van der Waals surface area contributed by atoms with Crippen LogP contribution < -0.4 is 9.52 Å². The Labute approximate surface area is 241 Å². The molecule has 1 heterocycles. The third-order valence-corrected chi connectivity index (χ3v) is 10.4. The van der Waals surface area contributed by atoms with E-state index in [2.05, 4.69) is 9.71 Å². The van der Waals surface area contributed by atoms with Crippen molar-refractivity contribution in [3.05, 3.63) is 63.9 Å². The first-order valence-corrected chi connectivity index (χ1v) is 16.1. The van der Waals surface area contributed by atoms with Crippen LogP contribution in [0.15, 0.2) is 58.4 Å². The molecule has 2 unspecified atom stereocenters. The Morgan fingerprint density at radius 3 is 2.37 bits per heavy atom. The van der Waals surface area contributed by atoms with Crippen LogP contribution in [0, 0.1) is 17.8 Å². The molecule has 2 aromatic carbocycles. The van der Waals surface area contributed by atoms with Crippen molar-refractivity contribution in [3.8, 4) is 11.1 Å². The minimum atomic E-state index is -4.03. The molecule has 41 heavy (non-hydrogen) atoms. The molecule has 3 aliphatic carbocycles. The third-order valence-electron chi connectivity index (χ3n) is 7.88. The van der Waals surface area contributed by atoms with Crippen molar-refractivity contribution in [1.82, 2.24) is 14.5 Å². The number of benzene rings is 2. The number of carboxylic acids is 1. The summed E-state index contributed by atoms with van der Waals surface area (Å²) in [6, 6.07) is 13.9. The van der Waals surface area contributed by atoms with Crippen molar-refractivity contribution in [1.29, 1.82) is 0 Å². The van der Waals surface area contributed by atoms with Gasteiger partial charge in [0.15, 0.2) is 0 Å². The standard InChI is InChI=1S/C29H30N4O6S2/c34-25(19-12-13-19)32-41(38,39)24-7-2-1-4-21(24)18-10-8-17(9-11-18)16-33-29(40-27(31-33)20-14-15-20)30-26(35)22-5-3-6-23(22)28(36)37/h1-2,4,7-11,19-20,22-23H,3,5-6,12-16H2,(H,32,34)(H,36,37). The Balaban J connectivity index is 1.25. The van der Waals surface area contributed by atoms with Crippen LogP contribution >= 0.6 is 11.3 Å². The summed E-state index contributed by atoms with van der Waals surface area (Å²) in [6.45, 7) is 0.347. The molecule has 12 heteroatoms. The summed E-state index contributed by atoms with van der Waals surface area (Å²) >= 11 is 1.38. The quantitative estimate of drug-likeness (QED) is 0.384. The molecule has 3 saturated carbocycles. The van der Waals surface area contributed by atoms with Crippen molar-refractivity contribution in [2.45, 2.75) is 62.3 Å². The second-order valence-corrected chi connectivity index (χ2v) is 13.7. The monoisotopic (exact) mass is 594 g/mol. The van der Waals surface area contributed by atoms with Gasteiger partial charge in [-0.2, -0.15) is 10.1 Å². The molecule has 0 radical (unpaired) electrons. The first-order chi connectivity index (χ1) is 19.7. The van der Waals surface area contributed by atoms with Gasteiger partial charge < -0.3 is 5.11 Å². The summed E-state index contributed by atoms with van der Waals surface area (Å²) < 4.78 is 29.9. The smallest absolute Gasteiger partial charge is 0.307 e.